The van der Waals surface area contributed by atoms with Crippen molar-refractivity contribution in [3.63, 3.8) is 0 Å². The van der Waals surface area contributed by atoms with E-state index in [1.165, 1.54) is 11.9 Å². The lowest BCUT2D eigenvalue weighted by atomic mass is 10.2. The highest BCUT2D eigenvalue weighted by molar-refractivity contribution is 7.86. The molecular weight excluding hydrogens is 218 g/mol. The fourth-order valence-corrected chi connectivity index (χ4v) is 1.98. The number of carbonyl (C=O) groups excluding carboxylic acids is 1. The van der Waals surface area contributed by atoms with Gasteiger partial charge in [-0.15, -0.1) is 0 Å². The molecule has 5 nitrogen and oxygen atoms in total. The van der Waals surface area contributed by atoms with E-state index in [0.717, 1.165) is 0 Å². The van der Waals surface area contributed by atoms with Crippen molar-refractivity contribution >= 4 is 16.0 Å². The lowest BCUT2D eigenvalue weighted by Crippen LogP contribution is -2.38. The highest BCUT2D eigenvalue weighted by Gasteiger charge is 2.24. The Labute approximate surface area is 90.5 Å². The Hall–Kier alpha value is -0.880. The lowest BCUT2D eigenvalue weighted by Gasteiger charge is -2.21. The first-order chi connectivity index (χ1) is 6.70. The van der Waals surface area contributed by atoms with Crippen molar-refractivity contribution in [2.45, 2.75) is 25.5 Å². The van der Waals surface area contributed by atoms with Crippen molar-refractivity contribution in [2.24, 2.45) is 0 Å². The Bertz CT molecular complexity index is 347. The molecule has 6 heteroatoms. The molecule has 0 heterocycles. The van der Waals surface area contributed by atoms with Crippen LogP contribution in [-0.2, 0) is 14.9 Å². The second kappa shape index (κ2) is 5.27. The van der Waals surface area contributed by atoms with Crippen LogP contribution < -0.4 is 0 Å². The van der Waals surface area contributed by atoms with Crippen molar-refractivity contribution in [2.75, 3.05) is 13.6 Å². The van der Waals surface area contributed by atoms with E-state index < -0.39 is 15.4 Å². The van der Waals surface area contributed by atoms with Crippen molar-refractivity contribution in [1.82, 2.24) is 4.90 Å². The zero-order valence-corrected chi connectivity index (χ0v) is 10.0. The number of nitrogens with zero attached hydrogens (tertiary/aromatic N) is 1. The third-order valence-corrected chi connectivity index (χ3v) is 3.39. The molecule has 88 valence electrons. The van der Waals surface area contributed by atoms with Gasteiger partial charge in [0.1, 0.15) is 5.25 Å². The molecule has 0 saturated heterocycles. The number of likely N-dealkylation sites (N-methyl/N-ethyl adjacent to an activating group) is 1. The molecule has 0 spiro atoms. The highest BCUT2D eigenvalue weighted by atomic mass is 32.2. The Kier molecular flexibility index (Phi) is 4.96. The number of hydrogen-bond donors (Lipinski definition) is 1. The van der Waals surface area contributed by atoms with Crippen molar-refractivity contribution in [3.05, 3.63) is 12.2 Å². The molecule has 0 aromatic carbocycles. The molecule has 0 radical (unpaired) electrons. The van der Waals surface area contributed by atoms with Crippen LogP contribution in [0.4, 0.5) is 0 Å². The summed E-state index contributed by atoms with van der Waals surface area (Å²) in [5.41, 5.74) is 0.336. The zero-order valence-electron chi connectivity index (χ0n) is 9.23. The van der Waals surface area contributed by atoms with E-state index in [-0.39, 0.29) is 18.9 Å². The molecule has 0 aliphatic carbocycles. The van der Waals surface area contributed by atoms with Gasteiger partial charge >= 0.3 is 0 Å². The van der Waals surface area contributed by atoms with Crippen LogP contribution in [0, 0.1) is 0 Å². The van der Waals surface area contributed by atoms with Gasteiger partial charge in [-0.05, 0) is 13.3 Å². The third-order valence-electron chi connectivity index (χ3n) is 2.07. The minimum atomic E-state index is -4.09. The summed E-state index contributed by atoms with van der Waals surface area (Å²) in [5, 5.41) is -0.939. The van der Waals surface area contributed by atoms with Gasteiger partial charge in [0.25, 0.3) is 10.1 Å². The average Bonchev–Trinajstić information content (AvgIpc) is 2.10. The summed E-state index contributed by atoms with van der Waals surface area (Å²) in [5.74, 6) is -0.322. The van der Waals surface area contributed by atoms with Gasteiger partial charge in [0.2, 0.25) is 5.91 Å². The molecular formula is C9H17NO4S. The maximum Gasteiger partial charge on any atom is 0.269 e. The van der Waals surface area contributed by atoms with Crippen LogP contribution in [-0.4, -0.2) is 42.6 Å². The van der Waals surface area contributed by atoms with E-state index in [2.05, 4.69) is 6.58 Å². The fraction of sp³-hybridized carbons (Fsp3) is 0.667. The smallest absolute Gasteiger partial charge is 0.269 e. The normalized spacial score (nSPS) is 13.3. The first kappa shape index (κ1) is 14.1. The quantitative estimate of drug-likeness (QED) is 0.562. The third kappa shape index (κ3) is 4.44. The number of carbonyl (C=O) groups is 1. The Morgan fingerprint density at radius 1 is 1.53 bits per heavy atom. The molecule has 0 saturated carbocycles. The largest absolute Gasteiger partial charge is 0.341 e. The number of amides is 1. The fourth-order valence-electron chi connectivity index (χ4n) is 1.15. The van der Waals surface area contributed by atoms with Gasteiger partial charge in [0.05, 0.1) is 0 Å². The summed E-state index contributed by atoms with van der Waals surface area (Å²) >= 11 is 0. The molecule has 1 amide bonds. The van der Waals surface area contributed by atoms with E-state index in [0.29, 0.717) is 5.57 Å². The van der Waals surface area contributed by atoms with Gasteiger partial charge in [0.15, 0.2) is 0 Å². The molecule has 0 aliphatic rings. The summed E-state index contributed by atoms with van der Waals surface area (Å²) < 4.78 is 30.6. The minimum absolute atomic E-state index is 0.0268. The first-order valence-corrected chi connectivity index (χ1v) is 6.07. The molecule has 1 unspecified atom stereocenters. The predicted octanol–water partition coefficient (Wildman–Crippen LogP) is 0.687. The number of hydrogen-bond acceptors (Lipinski definition) is 3. The SMILES string of the molecule is C=C(C)C(=O)N(C)CC(CC)S(=O)(=O)O. The molecule has 0 fully saturated rings. The van der Waals surface area contributed by atoms with E-state index in [1.807, 2.05) is 0 Å². The second-order valence-corrected chi connectivity index (χ2v) is 5.21. The van der Waals surface area contributed by atoms with Crippen LogP contribution in [0.2, 0.25) is 0 Å². The summed E-state index contributed by atoms with van der Waals surface area (Å²) in [4.78, 5) is 12.6. The van der Waals surface area contributed by atoms with Crippen LogP contribution >= 0.6 is 0 Å². The zero-order chi connectivity index (χ0) is 12.2. The van der Waals surface area contributed by atoms with E-state index >= 15 is 0 Å². The van der Waals surface area contributed by atoms with Crippen molar-refractivity contribution < 1.29 is 17.8 Å². The summed E-state index contributed by atoms with van der Waals surface area (Å²) in [6.07, 6.45) is 0.257. The summed E-state index contributed by atoms with van der Waals surface area (Å²) in [7, 11) is -2.62. The standard InChI is InChI=1S/C9H17NO4S/c1-5-8(15(12,13)14)6-10(4)9(11)7(2)3/h8H,2,5-6H2,1,3-4H3,(H,12,13,14). The van der Waals surface area contributed by atoms with E-state index in [9.17, 15) is 13.2 Å². The van der Waals surface area contributed by atoms with Crippen molar-refractivity contribution in [3.8, 4) is 0 Å². The molecule has 15 heavy (non-hydrogen) atoms. The van der Waals surface area contributed by atoms with Gasteiger partial charge in [-0.25, -0.2) is 0 Å². The van der Waals surface area contributed by atoms with Gasteiger partial charge in [-0.2, -0.15) is 8.42 Å². The minimum Gasteiger partial charge on any atom is -0.341 e. The molecule has 0 aliphatic heterocycles. The predicted molar refractivity (Wildman–Crippen MR) is 58.1 cm³/mol. The molecule has 1 atom stereocenters. The van der Waals surface area contributed by atoms with Gasteiger partial charge in [0, 0.05) is 19.2 Å². The van der Waals surface area contributed by atoms with Gasteiger partial charge in [-0.1, -0.05) is 13.5 Å². The monoisotopic (exact) mass is 235 g/mol. The summed E-state index contributed by atoms with van der Waals surface area (Å²) in [6, 6.07) is 0. The van der Waals surface area contributed by atoms with Crippen LogP contribution in [0.5, 0.6) is 0 Å². The lowest BCUT2D eigenvalue weighted by molar-refractivity contribution is -0.125. The van der Waals surface area contributed by atoms with Crippen LogP contribution in [0.3, 0.4) is 0 Å². The maximum atomic E-state index is 11.4. The molecule has 0 rings (SSSR count). The second-order valence-electron chi connectivity index (χ2n) is 3.51. The van der Waals surface area contributed by atoms with Crippen LogP contribution in [0.25, 0.3) is 0 Å². The summed E-state index contributed by atoms with van der Waals surface area (Å²) in [6.45, 7) is 6.63. The Morgan fingerprint density at radius 2 is 2.00 bits per heavy atom. The van der Waals surface area contributed by atoms with Crippen LogP contribution in [0.1, 0.15) is 20.3 Å². The molecule has 1 N–H and O–H groups in total. The van der Waals surface area contributed by atoms with Crippen LogP contribution in [0.15, 0.2) is 12.2 Å². The number of rotatable bonds is 5. The average molecular weight is 235 g/mol. The molecule has 0 aromatic rings. The van der Waals surface area contributed by atoms with Crippen molar-refractivity contribution in [1.29, 1.82) is 0 Å². The topological polar surface area (TPSA) is 74.7 Å². The highest BCUT2D eigenvalue weighted by Crippen LogP contribution is 2.07. The van der Waals surface area contributed by atoms with E-state index in [1.54, 1.807) is 13.8 Å². The Balaban J connectivity index is 4.59. The first-order valence-electron chi connectivity index (χ1n) is 4.57. The van der Waals surface area contributed by atoms with E-state index in [4.69, 9.17) is 4.55 Å². The molecule has 0 aromatic heterocycles. The maximum absolute atomic E-state index is 11.4. The van der Waals surface area contributed by atoms with Gasteiger partial charge in [-0.3, -0.25) is 9.35 Å². The Morgan fingerprint density at radius 3 is 2.27 bits per heavy atom. The molecule has 0 bridgehead atoms. The van der Waals surface area contributed by atoms with Gasteiger partial charge < -0.3 is 4.90 Å².